The molecule has 0 radical (unpaired) electrons. The lowest BCUT2D eigenvalue weighted by Crippen LogP contribution is -2.45. The van der Waals surface area contributed by atoms with Crippen molar-refractivity contribution in [3.8, 4) is 23.4 Å². The summed E-state index contributed by atoms with van der Waals surface area (Å²) < 4.78 is 155. The Morgan fingerprint density at radius 1 is 0.816 bits per heavy atom. The van der Waals surface area contributed by atoms with Crippen molar-refractivity contribution in [3.05, 3.63) is 81.1 Å². The van der Waals surface area contributed by atoms with Gasteiger partial charge in [-0.1, -0.05) is 67.2 Å². The zero-order valence-electron chi connectivity index (χ0n) is 55.5. The van der Waals surface area contributed by atoms with Crippen molar-refractivity contribution >= 4 is 72.2 Å². The summed E-state index contributed by atoms with van der Waals surface area (Å²) in [6, 6.07) is 8.84. The monoisotopic (exact) mass is 1130 g/mol. The number of rotatable bonds is 17. The van der Waals surface area contributed by atoms with Crippen molar-refractivity contribution in [1.82, 2.24) is 39.0 Å². The average molecular weight is 1130 g/mol. The second-order valence-corrected chi connectivity index (χ2v) is 34.1. The van der Waals surface area contributed by atoms with Crippen molar-refractivity contribution in [3.63, 3.8) is 0 Å². The third kappa shape index (κ3) is 15.4. The van der Waals surface area contributed by atoms with E-state index in [2.05, 4.69) is 49.8 Å². The molecule has 2 amide bonds. The first-order chi connectivity index (χ1) is 39.0. The van der Waals surface area contributed by atoms with E-state index in [1.807, 2.05) is 30.2 Å². The van der Waals surface area contributed by atoms with E-state index in [9.17, 15) is 26.4 Å². The van der Waals surface area contributed by atoms with Crippen molar-refractivity contribution in [1.29, 1.82) is 0 Å². The number of nitrogens with two attached hydrogens (primary N) is 2. The van der Waals surface area contributed by atoms with Crippen LogP contribution in [0.25, 0.3) is 11.6 Å². The van der Waals surface area contributed by atoms with E-state index in [-0.39, 0.29) is 64.3 Å². The fourth-order valence-corrected chi connectivity index (χ4v) is 12.9. The molecule has 2 fully saturated rings. The first-order valence-electron chi connectivity index (χ1n) is 28.9. The number of ether oxygens (including phenoxy) is 2. The van der Waals surface area contributed by atoms with E-state index in [4.69, 9.17) is 34.6 Å². The number of hydrogen-bond donors (Lipinski definition) is 4. The van der Waals surface area contributed by atoms with E-state index in [0.29, 0.717) is 24.6 Å². The van der Waals surface area contributed by atoms with Crippen LogP contribution in [-0.2, 0) is 20.0 Å². The average Bonchev–Trinajstić information content (AvgIpc) is 1.60. The first-order valence-corrected chi connectivity index (χ1v) is 33.5. The molecule has 0 saturated carbocycles. The van der Waals surface area contributed by atoms with Crippen molar-refractivity contribution < 1.29 is 49.6 Å². The summed E-state index contributed by atoms with van der Waals surface area (Å²) >= 11 is 0. The van der Waals surface area contributed by atoms with Crippen LogP contribution in [0.3, 0.4) is 0 Å². The molecule has 4 aromatic rings. The van der Waals surface area contributed by atoms with Gasteiger partial charge in [-0.15, -0.1) is 10.2 Å². The van der Waals surface area contributed by atoms with E-state index in [1.165, 1.54) is 84.9 Å². The zero-order valence-corrected chi connectivity index (χ0v) is 49.1. The summed E-state index contributed by atoms with van der Waals surface area (Å²) in [6.07, 6.45) is 3.49. The molecule has 2 atom stereocenters. The van der Waals surface area contributed by atoms with Gasteiger partial charge in [-0.25, -0.2) is 45.6 Å². The van der Waals surface area contributed by atoms with Crippen LogP contribution in [0.15, 0.2) is 80.0 Å². The summed E-state index contributed by atoms with van der Waals surface area (Å²) in [7, 11) is -11.1. The minimum absolute atomic E-state index is 0.0655. The third-order valence-electron chi connectivity index (χ3n) is 11.1. The first kappa shape index (κ1) is 46.9. The molecule has 2 aliphatic rings. The maximum absolute atomic E-state index is 13.6. The Labute approximate surface area is 464 Å². The molecule has 6 N–H and O–H groups in total. The topological polar surface area (TPSA) is 290 Å². The Morgan fingerprint density at radius 2 is 1.29 bits per heavy atom. The van der Waals surface area contributed by atoms with Crippen LogP contribution in [0.5, 0.6) is 11.8 Å². The van der Waals surface area contributed by atoms with Crippen LogP contribution in [0.4, 0.5) is 11.6 Å². The lowest BCUT2D eigenvalue weighted by Gasteiger charge is -2.34. The van der Waals surface area contributed by atoms with Gasteiger partial charge in [0.15, 0.2) is 19.9 Å². The van der Waals surface area contributed by atoms with Crippen LogP contribution < -0.4 is 39.9 Å². The SMILES string of the molecule is [2H]C([2H])([2H])[C@@H]1CN(c2nc(-n3ccc(OCC(C)(C)C)n3)ccc2C(=O)NS(=O)(=O)C(C=NC)=C(C)N)[Si](C)(C)C1([2H])[2H].[2H]C([2H])([2H])[C@@H]1CN(c2nc(-n3ccc(OC[Si](C)(C)C)n3)ccc2C(=O)NS(=O)(=O)C(C=NC)=C(C)N)C(C)(C)C1([2H])[2H]. The minimum atomic E-state index is -4.47. The quantitative estimate of drug-likeness (QED) is 0.0657. The summed E-state index contributed by atoms with van der Waals surface area (Å²) in [6.45, 7) is 16.0. The van der Waals surface area contributed by atoms with E-state index >= 15 is 0 Å². The highest BCUT2D eigenvalue weighted by atomic mass is 32.2. The van der Waals surface area contributed by atoms with Crippen LogP contribution in [0, 0.1) is 17.3 Å². The number of pyridine rings is 2. The Balaban J connectivity index is 0.000000314. The molecule has 0 aromatic carbocycles. The van der Waals surface area contributed by atoms with Crippen LogP contribution in [0.2, 0.25) is 38.7 Å². The van der Waals surface area contributed by atoms with Crippen molar-refractivity contribution in [2.75, 3.05) is 49.5 Å². The standard InChI is InChI=1S/2C25H39N7O4SSi/c1-17-14-32(38(7,8)15-17)23-19(24(33)30-37(34,35)20(13-27-6)18(2)26)9-10-21(28-23)31-12-11-22(29-31)36-16-25(3,4)5;1-17-13-25(3,4)31(15-17)23-19(24(33)30-37(34,35)20(14-27-5)18(2)26)9-10-21(28-23)32-12-11-22(29-32)36-16-38(6,7)8/h9-13,17H,14-16,26H2,1-8H3,(H,30,33);9-12,14,17H,13,15-16,26H2,1-8H3,(H,30,33)/t2*17-/m10/s1/i1D3,15D2;1D3,13D2. The number of amides is 2. The van der Waals surface area contributed by atoms with Gasteiger partial charge in [-0.05, 0) is 81.6 Å². The molecule has 2 saturated heterocycles. The maximum atomic E-state index is 13.6. The highest BCUT2D eigenvalue weighted by molar-refractivity contribution is 7.95. The Morgan fingerprint density at radius 3 is 1.71 bits per heavy atom. The van der Waals surface area contributed by atoms with Crippen molar-refractivity contribution in [2.45, 2.75) is 113 Å². The molecular weight excluding hydrogens is 1040 g/mol. The third-order valence-corrected chi connectivity index (χ3v) is 17.8. The number of carbonyl (C=O) groups excluding carboxylic acids is 2. The normalized spacial score (nSPS) is 22.1. The fraction of sp³-hybridized carbons (Fsp3) is 0.520. The minimum Gasteiger partial charge on any atom is -0.480 e. The molecule has 76 heavy (non-hydrogen) atoms. The highest BCUT2D eigenvalue weighted by Crippen LogP contribution is 2.39. The van der Waals surface area contributed by atoms with Gasteiger partial charge >= 0.3 is 0 Å². The van der Waals surface area contributed by atoms with Gasteiger partial charge in [-0.3, -0.25) is 19.6 Å². The van der Waals surface area contributed by atoms with Crippen LogP contribution in [-0.4, -0.2) is 132 Å². The number of nitrogens with zero attached hydrogens (tertiary/aromatic N) is 10. The number of allylic oxidation sites excluding steroid dienone is 4. The Kier molecular flexibility index (Phi) is 14.5. The van der Waals surface area contributed by atoms with Gasteiger partial charge in [0.2, 0.25) is 11.8 Å². The molecule has 4 aromatic heterocycles. The Hall–Kier alpha value is -6.39. The summed E-state index contributed by atoms with van der Waals surface area (Å²) in [5.41, 5.74) is 9.25. The molecule has 6 heterocycles. The highest BCUT2D eigenvalue weighted by Gasteiger charge is 2.42. The largest absolute Gasteiger partial charge is 0.480 e. The predicted octanol–water partition coefficient (Wildman–Crippen LogP) is 6.40. The molecule has 0 spiro atoms. The lowest BCUT2D eigenvalue weighted by atomic mass is 9.97. The molecule has 416 valence electrons. The number of hydrogen-bond acceptors (Lipinski definition) is 18. The number of aliphatic imine (C=N–C) groups is 2. The predicted molar refractivity (Wildman–Crippen MR) is 306 cm³/mol. The summed E-state index contributed by atoms with van der Waals surface area (Å²) in [5, 5.41) is 8.81. The molecule has 0 unspecified atom stereocenters. The van der Waals surface area contributed by atoms with Crippen LogP contribution in [0.1, 0.15) is 103 Å². The van der Waals surface area contributed by atoms with Gasteiger partial charge < -0.3 is 30.4 Å². The van der Waals surface area contributed by atoms with E-state index in [0.717, 1.165) is 12.4 Å². The molecule has 22 nitrogen and oxygen atoms in total. The zero-order chi connectivity index (χ0) is 65.5. The summed E-state index contributed by atoms with van der Waals surface area (Å²) in [5.74, 6) is -6.12. The molecule has 26 heteroatoms. The molecule has 0 bridgehead atoms. The lowest BCUT2D eigenvalue weighted by molar-refractivity contribution is 0.0973. The van der Waals surface area contributed by atoms with Gasteiger partial charge in [0, 0.05) is 94.8 Å². The smallest absolute Gasteiger partial charge is 0.268 e. The fourth-order valence-electron chi connectivity index (χ4n) is 7.59. The van der Waals surface area contributed by atoms with Gasteiger partial charge in [0.25, 0.3) is 31.9 Å². The van der Waals surface area contributed by atoms with Crippen molar-refractivity contribution in [2.24, 2.45) is 38.7 Å². The van der Waals surface area contributed by atoms with Gasteiger partial charge in [0.05, 0.1) is 32.0 Å². The van der Waals surface area contributed by atoms with Gasteiger partial charge in [-0.2, -0.15) is 0 Å². The number of sulfonamides is 2. The molecule has 0 aliphatic carbocycles. The van der Waals surface area contributed by atoms with E-state index < -0.39 is 101 Å². The second-order valence-electron chi connectivity index (χ2n) is 21.4. The van der Waals surface area contributed by atoms with Crippen LogP contribution >= 0.6 is 0 Å². The molecular formula is C50H78N14O8S2Si2. The number of nitrogens with one attached hydrogen (secondary N) is 2. The molecule has 6 rings (SSSR count). The summed E-state index contributed by atoms with van der Waals surface area (Å²) in [4.78, 5) is 44.3. The van der Waals surface area contributed by atoms with Gasteiger partial charge in [0.1, 0.15) is 21.4 Å². The number of carbonyl (C=O) groups is 2. The maximum Gasteiger partial charge on any atom is 0.268 e. The second kappa shape index (κ2) is 23.5. The number of anilines is 2. The Bertz CT molecular complexity index is 3320. The molecule has 2 aliphatic heterocycles. The number of aromatic nitrogens is 6. The van der Waals surface area contributed by atoms with E-state index in [1.54, 1.807) is 37.6 Å².